The largest absolute Gasteiger partial charge is 0.445 e. The number of rotatable bonds is 19. The van der Waals surface area contributed by atoms with Crippen molar-refractivity contribution in [1.29, 1.82) is 0 Å². The molecule has 282 valence electrons. The number of nitrogens with one attached hydrogen (secondary N) is 4. The first kappa shape index (κ1) is 40.5. The van der Waals surface area contributed by atoms with Gasteiger partial charge in [-0.1, -0.05) is 113 Å². The number of aliphatic hydroxyl groups is 1. The summed E-state index contributed by atoms with van der Waals surface area (Å²) in [4.78, 5) is 58.5. The van der Waals surface area contributed by atoms with E-state index in [1.165, 1.54) is 0 Å². The van der Waals surface area contributed by atoms with Crippen LogP contribution in [0.3, 0.4) is 0 Å². The fourth-order valence-corrected chi connectivity index (χ4v) is 5.96. The Morgan fingerprint density at radius 3 is 2.17 bits per heavy atom. The van der Waals surface area contributed by atoms with E-state index < -0.39 is 42.1 Å². The van der Waals surface area contributed by atoms with Gasteiger partial charge in [0.05, 0.1) is 18.6 Å². The standard InChI is InChI=1S/C42H53N5O6/c1-5-29(4)26-44-39(49)25-38(48)35(22-28(2)3)45-41(51)37(24-33-19-11-12-21-43-33)46-40(50)36(47-42(52)53-27-30-14-7-6-8-15-30)23-32-18-13-17-31-16-9-10-20-34(31)32/h6-21,28-29,35-38,48H,5,22-27H2,1-4H3,(H,44,49)(H,45,51)(H,46,50)(H,47,52)/t29?,35?,36-,37-,38?/m0/s1. The first-order chi connectivity index (χ1) is 25.5. The lowest BCUT2D eigenvalue weighted by Gasteiger charge is -2.29. The van der Waals surface area contributed by atoms with Crippen LogP contribution >= 0.6 is 0 Å². The summed E-state index contributed by atoms with van der Waals surface area (Å²) in [6.07, 6.45) is 0.927. The summed E-state index contributed by atoms with van der Waals surface area (Å²) in [5.41, 5.74) is 2.17. The number of nitrogens with zero attached hydrogens (tertiary/aromatic N) is 1. The highest BCUT2D eigenvalue weighted by molar-refractivity contribution is 5.93. The molecule has 0 aliphatic heterocycles. The van der Waals surface area contributed by atoms with Crippen LogP contribution < -0.4 is 21.3 Å². The lowest BCUT2D eigenvalue weighted by Crippen LogP contribution is -2.57. The maximum Gasteiger partial charge on any atom is 0.408 e. The minimum absolute atomic E-state index is 0.00913. The molecular weight excluding hydrogens is 670 g/mol. The van der Waals surface area contributed by atoms with Crippen LogP contribution in [0.1, 0.15) is 63.8 Å². The number of pyridine rings is 1. The summed E-state index contributed by atoms with van der Waals surface area (Å²) >= 11 is 0. The van der Waals surface area contributed by atoms with Crippen LogP contribution in [0.15, 0.2) is 97.2 Å². The molecule has 4 aromatic rings. The predicted octanol–water partition coefficient (Wildman–Crippen LogP) is 5.24. The third-order valence-corrected chi connectivity index (χ3v) is 9.15. The van der Waals surface area contributed by atoms with Crippen LogP contribution in [0.5, 0.6) is 0 Å². The summed E-state index contributed by atoms with van der Waals surface area (Å²) in [5.74, 6) is -1.08. The first-order valence-electron chi connectivity index (χ1n) is 18.4. The molecule has 0 bridgehead atoms. The van der Waals surface area contributed by atoms with Gasteiger partial charge in [-0.05, 0) is 52.3 Å². The van der Waals surface area contributed by atoms with Gasteiger partial charge in [0.15, 0.2) is 0 Å². The quantitative estimate of drug-likeness (QED) is 0.0885. The highest BCUT2D eigenvalue weighted by Gasteiger charge is 2.32. The van der Waals surface area contributed by atoms with E-state index in [9.17, 15) is 24.3 Å². The number of alkyl carbamates (subject to hydrolysis) is 1. The number of fused-ring (bicyclic) bond motifs is 1. The van der Waals surface area contributed by atoms with E-state index in [0.29, 0.717) is 24.6 Å². The third-order valence-electron chi connectivity index (χ3n) is 9.15. The second kappa shape index (κ2) is 20.7. The van der Waals surface area contributed by atoms with Crippen LogP contribution in [-0.4, -0.2) is 64.7 Å². The number of hydrogen-bond donors (Lipinski definition) is 5. The Hall–Kier alpha value is -5.29. The van der Waals surface area contributed by atoms with Crippen molar-refractivity contribution in [2.75, 3.05) is 6.54 Å². The molecule has 53 heavy (non-hydrogen) atoms. The highest BCUT2D eigenvalue weighted by Crippen LogP contribution is 2.20. The van der Waals surface area contributed by atoms with Gasteiger partial charge in [-0.2, -0.15) is 0 Å². The molecule has 3 unspecified atom stereocenters. The van der Waals surface area contributed by atoms with Crippen LogP contribution in [0.25, 0.3) is 10.8 Å². The lowest BCUT2D eigenvalue weighted by atomic mass is 9.96. The van der Waals surface area contributed by atoms with Crippen molar-refractivity contribution in [1.82, 2.24) is 26.3 Å². The SMILES string of the molecule is CCC(C)CNC(=O)CC(O)C(CC(C)C)NC(=O)[C@H](Cc1ccccn1)NC(=O)[C@H](Cc1cccc2ccccc12)NC(=O)OCc1ccccc1. The molecule has 1 aromatic heterocycles. The van der Waals surface area contributed by atoms with Gasteiger partial charge in [0, 0.05) is 31.3 Å². The number of benzene rings is 3. The van der Waals surface area contributed by atoms with Crippen LogP contribution in [0.4, 0.5) is 4.79 Å². The fraction of sp³-hybridized carbons (Fsp3) is 0.405. The maximum absolute atomic E-state index is 14.2. The summed E-state index contributed by atoms with van der Waals surface area (Å²) in [7, 11) is 0. The molecule has 5 atom stereocenters. The number of aromatic nitrogens is 1. The normalized spacial score (nSPS) is 14.0. The van der Waals surface area contributed by atoms with Crippen molar-refractivity contribution in [2.45, 2.75) is 90.6 Å². The molecule has 0 aliphatic rings. The average molecular weight is 724 g/mol. The number of ether oxygens (including phenoxy) is 1. The highest BCUT2D eigenvalue weighted by atomic mass is 16.5. The monoisotopic (exact) mass is 723 g/mol. The van der Waals surface area contributed by atoms with Crippen LogP contribution in [0, 0.1) is 11.8 Å². The molecule has 5 N–H and O–H groups in total. The van der Waals surface area contributed by atoms with E-state index in [1.54, 1.807) is 24.4 Å². The van der Waals surface area contributed by atoms with Gasteiger partial charge < -0.3 is 31.1 Å². The van der Waals surface area contributed by atoms with Crippen molar-refractivity contribution in [2.24, 2.45) is 11.8 Å². The minimum atomic E-state index is -1.16. The molecule has 3 aromatic carbocycles. The van der Waals surface area contributed by atoms with Gasteiger partial charge in [0.25, 0.3) is 0 Å². The molecule has 11 heteroatoms. The third kappa shape index (κ3) is 13.3. The topological polar surface area (TPSA) is 159 Å². The number of hydrogen-bond acceptors (Lipinski definition) is 7. The molecule has 0 saturated carbocycles. The van der Waals surface area contributed by atoms with Gasteiger partial charge in [-0.25, -0.2) is 4.79 Å². The van der Waals surface area contributed by atoms with Crippen molar-refractivity contribution in [3.8, 4) is 0 Å². The van der Waals surface area contributed by atoms with Gasteiger partial charge in [0.2, 0.25) is 17.7 Å². The van der Waals surface area contributed by atoms with Gasteiger partial charge >= 0.3 is 6.09 Å². The Bertz CT molecular complexity index is 1760. The molecule has 0 saturated heterocycles. The lowest BCUT2D eigenvalue weighted by molar-refractivity contribution is -0.131. The number of amides is 4. The van der Waals surface area contributed by atoms with Crippen molar-refractivity contribution in [3.05, 3.63) is 114 Å². The van der Waals surface area contributed by atoms with Crippen molar-refractivity contribution < 1.29 is 29.0 Å². The predicted molar refractivity (Wildman–Crippen MR) is 206 cm³/mol. The zero-order valence-electron chi connectivity index (χ0n) is 31.1. The summed E-state index contributed by atoms with van der Waals surface area (Å²) < 4.78 is 5.49. The zero-order valence-corrected chi connectivity index (χ0v) is 31.1. The zero-order chi connectivity index (χ0) is 38.2. The van der Waals surface area contributed by atoms with Crippen molar-refractivity contribution >= 4 is 34.6 Å². The maximum atomic E-state index is 14.2. The van der Waals surface area contributed by atoms with Crippen molar-refractivity contribution in [3.63, 3.8) is 0 Å². The number of carbonyl (C=O) groups is 4. The molecule has 11 nitrogen and oxygen atoms in total. The van der Waals surface area contributed by atoms with E-state index in [-0.39, 0.29) is 37.7 Å². The average Bonchev–Trinajstić information content (AvgIpc) is 3.16. The van der Waals surface area contributed by atoms with E-state index in [0.717, 1.165) is 28.3 Å². The smallest absolute Gasteiger partial charge is 0.408 e. The Kier molecular flexibility index (Phi) is 15.8. The first-order valence-corrected chi connectivity index (χ1v) is 18.4. The van der Waals surface area contributed by atoms with Crippen LogP contribution in [-0.2, 0) is 38.6 Å². The van der Waals surface area contributed by atoms with Gasteiger partial charge in [-0.15, -0.1) is 0 Å². The molecule has 0 spiro atoms. The Balaban J connectivity index is 1.56. The van der Waals surface area contributed by atoms with Gasteiger partial charge in [0.1, 0.15) is 18.7 Å². The summed E-state index contributed by atoms with van der Waals surface area (Å²) in [6, 6.07) is 25.0. The Labute approximate surface area is 312 Å². The Morgan fingerprint density at radius 1 is 0.774 bits per heavy atom. The second-order valence-corrected chi connectivity index (χ2v) is 14.0. The summed E-state index contributed by atoms with van der Waals surface area (Å²) in [6.45, 7) is 8.50. The van der Waals surface area contributed by atoms with E-state index in [4.69, 9.17) is 4.74 Å². The Morgan fingerprint density at radius 2 is 1.45 bits per heavy atom. The summed E-state index contributed by atoms with van der Waals surface area (Å²) in [5, 5.41) is 24.5. The van der Waals surface area contributed by atoms with Gasteiger partial charge in [-0.3, -0.25) is 19.4 Å². The van der Waals surface area contributed by atoms with E-state index in [2.05, 4.69) is 26.3 Å². The molecule has 1 heterocycles. The van der Waals surface area contributed by atoms with E-state index >= 15 is 0 Å². The van der Waals surface area contributed by atoms with Crippen LogP contribution in [0.2, 0.25) is 0 Å². The molecule has 0 fully saturated rings. The molecule has 4 rings (SSSR count). The minimum Gasteiger partial charge on any atom is -0.445 e. The molecule has 4 amide bonds. The number of carbonyl (C=O) groups excluding carboxylic acids is 4. The second-order valence-electron chi connectivity index (χ2n) is 14.0. The number of aliphatic hydroxyl groups excluding tert-OH is 1. The molecule has 0 radical (unpaired) electrons. The van der Waals surface area contributed by atoms with E-state index in [1.807, 2.05) is 100 Å². The molecular formula is C42H53N5O6. The fourth-order valence-electron chi connectivity index (χ4n) is 5.96. The molecule has 0 aliphatic carbocycles.